The van der Waals surface area contributed by atoms with Crippen LogP contribution in [0.4, 0.5) is 0 Å². The van der Waals surface area contributed by atoms with E-state index in [1.807, 2.05) is 19.1 Å². The minimum Gasteiger partial charge on any atom is -0.460 e. The monoisotopic (exact) mass is 343 g/mol. The summed E-state index contributed by atoms with van der Waals surface area (Å²) in [4.78, 5) is 17.2. The van der Waals surface area contributed by atoms with Gasteiger partial charge in [0.05, 0.1) is 6.61 Å². The summed E-state index contributed by atoms with van der Waals surface area (Å²) in [5.74, 6) is 0.602. The summed E-state index contributed by atoms with van der Waals surface area (Å²) in [6.45, 7) is 5.52. The van der Waals surface area contributed by atoms with E-state index in [9.17, 15) is 4.79 Å². The lowest BCUT2D eigenvalue weighted by atomic mass is 9.85. The first-order chi connectivity index (χ1) is 12.2. The fourth-order valence-corrected chi connectivity index (χ4v) is 2.75. The Bertz CT molecular complexity index is 705. The lowest BCUT2D eigenvalue weighted by molar-refractivity contribution is 0.0744. The molecule has 0 saturated heterocycles. The summed E-state index contributed by atoms with van der Waals surface area (Å²) in [5, 5.41) is 4.31. The highest BCUT2D eigenvalue weighted by Gasteiger charge is 2.30. The Morgan fingerprint density at radius 3 is 2.56 bits per heavy atom. The summed E-state index contributed by atoms with van der Waals surface area (Å²) in [6, 6.07) is 8.30. The van der Waals surface area contributed by atoms with Gasteiger partial charge in [-0.05, 0) is 31.7 Å². The highest BCUT2D eigenvalue weighted by molar-refractivity contribution is 5.85. The third kappa shape index (κ3) is 4.07. The number of rotatable bonds is 8. The lowest BCUT2D eigenvalue weighted by Crippen LogP contribution is -2.28. The molecule has 2 aromatic rings. The van der Waals surface area contributed by atoms with Gasteiger partial charge in [-0.2, -0.15) is 9.67 Å². The van der Waals surface area contributed by atoms with Crippen molar-refractivity contribution in [3.8, 4) is 17.4 Å². The third-order valence-electron chi connectivity index (χ3n) is 4.53. The van der Waals surface area contributed by atoms with Gasteiger partial charge in [-0.3, -0.25) is 4.79 Å². The van der Waals surface area contributed by atoms with Crippen molar-refractivity contribution >= 4 is 5.91 Å². The van der Waals surface area contributed by atoms with Gasteiger partial charge in [0.1, 0.15) is 6.61 Å². The molecule has 1 fully saturated rings. The van der Waals surface area contributed by atoms with Gasteiger partial charge >= 0.3 is 6.01 Å². The zero-order valence-electron chi connectivity index (χ0n) is 14.9. The predicted octanol–water partition coefficient (Wildman–Crippen LogP) is 3.36. The maximum atomic E-state index is 12.7. The maximum Gasteiger partial charge on any atom is 0.336 e. The van der Waals surface area contributed by atoms with E-state index in [0.29, 0.717) is 25.6 Å². The number of nitrogens with zero attached hydrogens (tertiary/aromatic N) is 3. The molecule has 0 amide bonds. The van der Waals surface area contributed by atoms with Gasteiger partial charge in [0.15, 0.2) is 5.82 Å². The second-order valence-electron chi connectivity index (χ2n) is 6.19. The van der Waals surface area contributed by atoms with E-state index in [2.05, 4.69) is 29.1 Å². The number of aryl methyl sites for hydroxylation is 1. The molecule has 25 heavy (non-hydrogen) atoms. The van der Waals surface area contributed by atoms with Crippen molar-refractivity contribution in [2.75, 3.05) is 19.8 Å². The summed E-state index contributed by atoms with van der Waals surface area (Å²) in [7, 11) is 0. The number of hydrogen-bond donors (Lipinski definition) is 0. The number of benzene rings is 1. The van der Waals surface area contributed by atoms with Crippen molar-refractivity contribution < 1.29 is 14.3 Å². The first-order valence-corrected chi connectivity index (χ1v) is 9.04. The molecule has 1 aromatic heterocycles. The summed E-state index contributed by atoms with van der Waals surface area (Å²) >= 11 is 0. The predicted molar refractivity (Wildman–Crippen MR) is 94.8 cm³/mol. The molecule has 0 atom stereocenters. The standard InChI is InChI=1S/C19H25N3O3/c1-3-14-8-10-15(11-9-14)17-20-19(25-13-12-24-4-2)21-22(17)18(23)16-6-5-7-16/h8-11,16H,3-7,12-13H2,1-2H3. The molecule has 0 spiro atoms. The van der Waals surface area contributed by atoms with Crippen LogP contribution in [0.15, 0.2) is 24.3 Å². The maximum absolute atomic E-state index is 12.7. The van der Waals surface area contributed by atoms with Crippen LogP contribution in [0.1, 0.15) is 43.5 Å². The average Bonchev–Trinajstić information content (AvgIpc) is 3.01. The lowest BCUT2D eigenvalue weighted by Gasteiger charge is -2.23. The van der Waals surface area contributed by atoms with Crippen molar-refractivity contribution in [1.82, 2.24) is 14.8 Å². The Balaban J connectivity index is 1.84. The zero-order valence-corrected chi connectivity index (χ0v) is 14.9. The summed E-state index contributed by atoms with van der Waals surface area (Å²) in [5.41, 5.74) is 2.12. The Labute approximate surface area is 148 Å². The van der Waals surface area contributed by atoms with Crippen molar-refractivity contribution in [2.24, 2.45) is 5.92 Å². The van der Waals surface area contributed by atoms with Gasteiger partial charge in [0, 0.05) is 18.1 Å². The second kappa shape index (κ2) is 8.25. The normalized spacial score (nSPS) is 14.3. The molecule has 3 rings (SSSR count). The van der Waals surface area contributed by atoms with Crippen LogP contribution in [0.5, 0.6) is 6.01 Å². The molecule has 1 aromatic carbocycles. The SMILES string of the molecule is CCOCCOc1nc(-c2ccc(CC)cc2)n(C(=O)C2CCC2)n1. The third-order valence-corrected chi connectivity index (χ3v) is 4.53. The zero-order chi connectivity index (χ0) is 17.6. The van der Waals surface area contributed by atoms with Crippen LogP contribution in [-0.2, 0) is 11.2 Å². The van der Waals surface area contributed by atoms with Gasteiger partial charge in [0.2, 0.25) is 0 Å². The fourth-order valence-electron chi connectivity index (χ4n) is 2.75. The minimum absolute atomic E-state index is 0.00739. The van der Waals surface area contributed by atoms with Crippen LogP contribution < -0.4 is 4.74 Å². The summed E-state index contributed by atoms with van der Waals surface area (Å²) in [6.07, 6.45) is 3.92. The Morgan fingerprint density at radius 2 is 1.96 bits per heavy atom. The Hall–Kier alpha value is -2.21. The first-order valence-electron chi connectivity index (χ1n) is 9.04. The van der Waals surface area contributed by atoms with Gasteiger partial charge < -0.3 is 9.47 Å². The van der Waals surface area contributed by atoms with Crippen LogP contribution in [0.3, 0.4) is 0 Å². The molecule has 1 aliphatic rings. The minimum atomic E-state index is 0.00739. The van der Waals surface area contributed by atoms with Gasteiger partial charge in [-0.1, -0.05) is 37.6 Å². The highest BCUT2D eigenvalue weighted by Crippen LogP contribution is 2.30. The molecule has 0 aliphatic heterocycles. The number of carbonyl (C=O) groups excluding carboxylic acids is 1. The Kier molecular flexibility index (Phi) is 5.81. The van der Waals surface area contributed by atoms with Crippen molar-refractivity contribution in [2.45, 2.75) is 39.5 Å². The molecule has 0 radical (unpaired) electrons. The number of ether oxygens (including phenoxy) is 2. The molecule has 0 bridgehead atoms. The van der Waals surface area contributed by atoms with Crippen LogP contribution in [-0.4, -0.2) is 40.5 Å². The molecular weight excluding hydrogens is 318 g/mol. The quantitative estimate of drug-likeness (QED) is 0.688. The van der Waals surface area contributed by atoms with E-state index < -0.39 is 0 Å². The largest absolute Gasteiger partial charge is 0.460 e. The van der Waals surface area contributed by atoms with Crippen LogP contribution >= 0.6 is 0 Å². The van der Waals surface area contributed by atoms with Crippen molar-refractivity contribution in [3.63, 3.8) is 0 Å². The van der Waals surface area contributed by atoms with E-state index in [-0.39, 0.29) is 17.8 Å². The summed E-state index contributed by atoms with van der Waals surface area (Å²) < 4.78 is 12.2. The van der Waals surface area contributed by atoms with E-state index in [1.54, 1.807) is 0 Å². The molecule has 6 heteroatoms. The topological polar surface area (TPSA) is 66.2 Å². The van der Waals surface area contributed by atoms with E-state index in [1.165, 1.54) is 10.2 Å². The molecule has 134 valence electrons. The molecule has 0 unspecified atom stereocenters. The van der Waals surface area contributed by atoms with Gasteiger partial charge in [0.25, 0.3) is 5.91 Å². The van der Waals surface area contributed by atoms with Gasteiger partial charge in [-0.15, -0.1) is 5.10 Å². The molecule has 1 saturated carbocycles. The van der Waals surface area contributed by atoms with Crippen LogP contribution in [0.25, 0.3) is 11.4 Å². The van der Waals surface area contributed by atoms with Crippen molar-refractivity contribution in [1.29, 1.82) is 0 Å². The number of aromatic nitrogens is 3. The smallest absolute Gasteiger partial charge is 0.336 e. The van der Waals surface area contributed by atoms with E-state index >= 15 is 0 Å². The fraction of sp³-hybridized carbons (Fsp3) is 0.526. The van der Waals surface area contributed by atoms with E-state index in [4.69, 9.17) is 9.47 Å². The number of carbonyl (C=O) groups is 1. The van der Waals surface area contributed by atoms with Crippen molar-refractivity contribution in [3.05, 3.63) is 29.8 Å². The Morgan fingerprint density at radius 1 is 1.20 bits per heavy atom. The van der Waals surface area contributed by atoms with Crippen LogP contribution in [0.2, 0.25) is 0 Å². The average molecular weight is 343 g/mol. The van der Waals surface area contributed by atoms with Gasteiger partial charge in [-0.25, -0.2) is 0 Å². The molecular formula is C19H25N3O3. The van der Waals surface area contributed by atoms with E-state index in [0.717, 1.165) is 31.2 Å². The molecule has 1 aliphatic carbocycles. The highest BCUT2D eigenvalue weighted by atomic mass is 16.5. The second-order valence-corrected chi connectivity index (χ2v) is 6.19. The molecule has 1 heterocycles. The number of hydrogen-bond acceptors (Lipinski definition) is 5. The van der Waals surface area contributed by atoms with Crippen LogP contribution in [0, 0.1) is 5.92 Å². The molecule has 6 nitrogen and oxygen atoms in total. The molecule has 0 N–H and O–H groups in total. The first kappa shape index (κ1) is 17.6.